The highest BCUT2D eigenvalue weighted by molar-refractivity contribution is 7.13. The van der Waals surface area contributed by atoms with Crippen LogP contribution in [0, 0.1) is 0 Å². The van der Waals surface area contributed by atoms with Crippen molar-refractivity contribution in [3.8, 4) is 11.1 Å². The van der Waals surface area contributed by atoms with Gasteiger partial charge in [0.2, 0.25) is 0 Å². The van der Waals surface area contributed by atoms with Crippen LogP contribution in [0.4, 0.5) is 18.0 Å². The van der Waals surface area contributed by atoms with E-state index in [1.165, 1.54) is 17.4 Å². The highest BCUT2D eigenvalue weighted by Gasteiger charge is 2.31. The van der Waals surface area contributed by atoms with Gasteiger partial charge >= 0.3 is 12.3 Å². The Hall–Kier alpha value is -3.44. The third-order valence-electron chi connectivity index (χ3n) is 6.35. The van der Waals surface area contributed by atoms with E-state index < -0.39 is 23.4 Å². The van der Waals surface area contributed by atoms with Crippen molar-refractivity contribution in [1.82, 2.24) is 15.6 Å². The van der Waals surface area contributed by atoms with Crippen molar-refractivity contribution in [2.75, 3.05) is 13.2 Å². The van der Waals surface area contributed by atoms with Crippen molar-refractivity contribution in [1.29, 1.82) is 0 Å². The summed E-state index contributed by atoms with van der Waals surface area (Å²) in [5.41, 5.74) is 0.666. The zero-order valence-electron chi connectivity index (χ0n) is 22.7. The molecular weight excluding hydrogens is 543 g/mol. The maximum atomic E-state index is 13.5. The number of ether oxygens (including phenoxy) is 2. The molecule has 1 aliphatic heterocycles. The molecule has 214 valence electrons. The number of benzene rings is 2. The van der Waals surface area contributed by atoms with E-state index in [4.69, 9.17) is 9.47 Å². The summed E-state index contributed by atoms with van der Waals surface area (Å²) >= 11 is 1.36. The molecule has 40 heavy (non-hydrogen) atoms. The number of nitrogens with zero attached hydrogens (tertiary/aromatic N) is 1. The van der Waals surface area contributed by atoms with Gasteiger partial charge in [0.05, 0.1) is 29.4 Å². The third kappa shape index (κ3) is 7.60. The van der Waals surface area contributed by atoms with Gasteiger partial charge in [0.25, 0.3) is 5.91 Å². The van der Waals surface area contributed by atoms with Crippen molar-refractivity contribution in [3.63, 3.8) is 0 Å². The van der Waals surface area contributed by atoms with Gasteiger partial charge in [0, 0.05) is 19.1 Å². The van der Waals surface area contributed by atoms with Gasteiger partial charge in [-0.25, -0.2) is 9.78 Å². The summed E-state index contributed by atoms with van der Waals surface area (Å²) in [6.07, 6.45) is -2.72. The van der Waals surface area contributed by atoms with Gasteiger partial charge in [-0.15, -0.1) is 11.3 Å². The SMILES string of the molecule is C[C@@H](NC(=O)c1cnc([C@H]2CCOC2)s1)c1ccc(-c2cc(C(F)(F)F)ccc2CNC(=O)OC(C)(C)C)cc1. The second-order valence-corrected chi connectivity index (χ2v) is 11.7. The van der Waals surface area contributed by atoms with Crippen molar-refractivity contribution in [2.45, 2.75) is 64.4 Å². The number of hydrogen-bond acceptors (Lipinski definition) is 6. The molecule has 7 nitrogen and oxygen atoms in total. The molecule has 2 atom stereocenters. The van der Waals surface area contributed by atoms with Crippen LogP contribution < -0.4 is 10.6 Å². The average Bonchev–Trinajstić information content (AvgIpc) is 3.58. The van der Waals surface area contributed by atoms with E-state index in [-0.39, 0.29) is 24.4 Å². The van der Waals surface area contributed by atoms with Crippen LogP contribution in [0.1, 0.15) is 77.4 Å². The summed E-state index contributed by atoms with van der Waals surface area (Å²) in [6, 6.07) is 10.0. The number of amides is 2. The van der Waals surface area contributed by atoms with E-state index in [0.29, 0.717) is 34.8 Å². The molecular formula is C29H32F3N3O4S. The summed E-state index contributed by atoms with van der Waals surface area (Å²) in [5.74, 6) is -0.0239. The van der Waals surface area contributed by atoms with Crippen LogP contribution in [0.2, 0.25) is 0 Å². The second-order valence-electron chi connectivity index (χ2n) is 10.7. The molecule has 2 heterocycles. The largest absolute Gasteiger partial charge is 0.444 e. The molecule has 0 spiro atoms. The van der Waals surface area contributed by atoms with Gasteiger partial charge < -0.3 is 20.1 Å². The van der Waals surface area contributed by atoms with Crippen LogP contribution in [-0.4, -0.2) is 35.8 Å². The number of thiazole rings is 1. The van der Waals surface area contributed by atoms with E-state index in [1.54, 1.807) is 51.2 Å². The number of nitrogens with one attached hydrogen (secondary N) is 2. The van der Waals surface area contributed by atoms with Gasteiger partial charge in [0.1, 0.15) is 10.5 Å². The van der Waals surface area contributed by atoms with Gasteiger partial charge in [-0.2, -0.15) is 13.2 Å². The second kappa shape index (κ2) is 12.0. The third-order valence-corrected chi connectivity index (χ3v) is 7.51. The number of alkyl halides is 3. The van der Waals surface area contributed by atoms with Crippen molar-refractivity contribution < 1.29 is 32.2 Å². The summed E-state index contributed by atoms with van der Waals surface area (Å²) in [6.45, 7) is 8.30. The quantitative estimate of drug-likeness (QED) is 0.322. The molecule has 3 aromatic rings. The predicted molar refractivity (Wildman–Crippen MR) is 146 cm³/mol. The predicted octanol–water partition coefficient (Wildman–Crippen LogP) is 6.85. The fraction of sp³-hybridized carbons (Fsp3) is 0.414. The van der Waals surface area contributed by atoms with Gasteiger partial charge in [0.15, 0.2) is 0 Å². The molecule has 1 aliphatic rings. The maximum absolute atomic E-state index is 13.5. The minimum Gasteiger partial charge on any atom is -0.444 e. The first-order valence-electron chi connectivity index (χ1n) is 12.9. The van der Waals surface area contributed by atoms with Crippen LogP contribution in [0.5, 0.6) is 0 Å². The molecule has 0 saturated carbocycles. The zero-order chi connectivity index (χ0) is 29.1. The number of carbonyl (C=O) groups excluding carboxylic acids is 2. The lowest BCUT2D eigenvalue weighted by Gasteiger charge is -2.20. The molecule has 1 saturated heterocycles. The highest BCUT2D eigenvalue weighted by Crippen LogP contribution is 2.35. The average molecular weight is 576 g/mol. The minimum absolute atomic E-state index is 0.0135. The van der Waals surface area contributed by atoms with Gasteiger partial charge in [-0.3, -0.25) is 4.79 Å². The Bertz CT molecular complexity index is 1340. The zero-order valence-corrected chi connectivity index (χ0v) is 23.5. The maximum Gasteiger partial charge on any atom is 0.416 e. The van der Waals surface area contributed by atoms with Crippen LogP contribution in [0.25, 0.3) is 11.1 Å². The number of halogens is 3. The first-order chi connectivity index (χ1) is 18.8. The molecule has 2 N–H and O–H groups in total. The van der Waals surface area contributed by atoms with Crippen molar-refractivity contribution >= 4 is 23.3 Å². The van der Waals surface area contributed by atoms with E-state index in [1.807, 2.05) is 6.92 Å². The number of hydrogen-bond donors (Lipinski definition) is 2. The monoisotopic (exact) mass is 575 g/mol. The minimum atomic E-state index is -4.52. The smallest absolute Gasteiger partial charge is 0.416 e. The Morgan fingerprint density at radius 2 is 1.88 bits per heavy atom. The topological polar surface area (TPSA) is 89.5 Å². The summed E-state index contributed by atoms with van der Waals surface area (Å²) < 4.78 is 51.1. The molecule has 2 amide bonds. The van der Waals surface area contributed by atoms with E-state index >= 15 is 0 Å². The van der Waals surface area contributed by atoms with Crippen LogP contribution in [-0.2, 0) is 22.2 Å². The van der Waals surface area contributed by atoms with Crippen molar-refractivity contribution in [3.05, 3.63) is 75.2 Å². The van der Waals surface area contributed by atoms with Gasteiger partial charge in [-0.1, -0.05) is 30.3 Å². The van der Waals surface area contributed by atoms with E-state index in [0.717, 1.165) is 29.1 Å². The first kappa shape index (κ1) is 29.5. The Kier molecular flexibility index (Phi) is 8.84. The molecule has 2 aromatic carbocycles. The summed E-state index contributed by atoms with van der Waals surface area (Å²) in [7, 11) is 0. The molecule has 0 unspecified atom stereocenters. The Labute approximate surface area is 235 Å². The van der Waals surface area contributed by atoms with Crippen LogP contribution in [0.3, 0.4) is 0 Å². The number of rotatable bonds is 7. The molecule has 0 radical (unpaired) electrons. The van der Waals surface area contributed by atoms with Crippen LogP contribution in [0.15, 0.2) is 48.7 Å². The molecule has 1 aromatic heterocycles. The Morgan fingerprint density at radius 3 is 2.50 bits per heavy atom. The normalized spacial score (nSPS) is 16.4. The van der Waals surface area contributed by atoms with E-state index in [9.17, 15) is 22.8 Å². The first-order valence-corrected chi connectivity index (χ1v) is 13.7. The molecule has 0 bridgehead atoms. The Balaban J connectivity index is 1.48. The Morgan fingerprint density at radius 1 is 1.15 bits per heavy atom. The standard InChI is InChI=1S/C29H32F3N3O4S/c1-17(35-25(36)24-15-33-26(40-24)21-11-12-38-16-21)18-5-7-19(8-6-18)23-13-22(29(30,31)32)10-9-20(23)14-34-27(37)39-28(2,3)4/h5-10,13,15,17,21H,11-12,14,16H2,1-4H3,(H,34,37)(H,35,36)/t17-,21+/m1/s1. The van der Waals surface area contributed by atoms with Crippen molar-refractivity contribution in [2.24, 2.45) is 0 Å². The van der Waals surface area contributed by atoms with Gasteiger partial charge in [-0.05, 0) is 68.5 Å². The molecule has 4 rings (SSSR count). The lowest BCUT2D eigenvalue weighted by atomic mass is 9.95. The summed E-state index contributed by atoms with van der Waals surface area (Å²) in [4.78, 5) is 29.8. The highest BCUT2D eigenvalue weighted by atomic mass is 32.1. The number of carbonyl (C=O) groups is 2. The van der Waals surface area contributed by atoms with E-state index in [2.05, 4.69) is 15.6 Å². The fourth-order valence-electron chi connectivity index (χ4n) is 4.27. The lowest BCUT2D eigenvalue weighted by molar-refractivity contribution is -0.137. The van der Waals surface area contributed by atoms with Crippen LogP contribution >= 0.6 is 11.3 Å². The molecule has 1 fully saturated rings. The molecule has 0 aliphatic carbocycles. The summed E-state index contributed by atoms with van der Waals surface area (Å²) in [5, 5.41) is 6.45. The number of aromatic nitrogens is 1. The molecule has 11 heteroatoms. The fourth-order valence-corrected chi connectivity index (χ4v) is 5.21. The lowest BCUT2D eigenvalue weighted by Crippen LogP contribution is -2.32. The number of alkyl carbamates (subject to hydrolysis) is 1.